The maximum absolute atomic E-state index is 12.2. The number of thiophene rings is 1. The van der Waals surface area contributed by atoms with E-state index >= 15 is 0 Å². The van der Waals surface area contributed by atoms with Crippen molar-refractivity contribution in [3.05, 3.63) is 39.8 Å². The van der Waals surface area contributed by atoms with E-state index in [0.29, 0.717) is 18.2 Å². The van der Waals surface area contributed by atoms with E-state index in [1.54, 1.807) is 17.4 Å². The van der Waals surface area contributed by atoms with Crippen LogP contribution < -0.4 is 10.2 Å². The first kappa shape index (κ1) is 15.4. The Labute approximate surface area is 129 Å². The van der Waals surface area contributed by atoms with Crippen LogP contribution in [0.25, 0.3) is 0 Å². The number of nitrogens with one attached hydrogen (secondary N) is 1. The Bertz CT molecular complexity index is 594. The quantitative estimate of drug-likeness (QED) is 0.891. The lowest BCUT2D eigenvalue weighted by atomic mass is 10.3. The van der Waals surface area contributed by atoms with Gasteiger partial charge in [-0.3, -0.25) is 4.79 Å². The molecule has 112 valence electrons. The molecule has 0 aliphatic rings. The van der Waals surface area contributed by atoms with Crippen LogP contribution in [0.4, 0.5) is 5.95 Å². The fourth-order valence-electron chi connectivity index (χ4n) is 1.99. The van der Waals surface area contributed by atoms with Crippen molar-refractivity contribution in [1.29, 1.82) is 0 Å². The predicted octanol–water partition coefficient (Wildman–Crippen LogP) is 2.62. The maximum atomic E-state index is 12.2. The number of aromatic nitrogens is 2. The molecular formula is C15H20N4OS. The van der Waals surface area contributed by atoms with Crippen molar-refractivity contribution < 1.29 is 4.79 Å². The summed E-state index contributed by atoms with van der Waals surface area (Å²) in [4.78, 5) is 24.2. The second kappa shape index (κ2) is 7.17. The zero-order valence-electron chi connectivity index (χ0n) is 12.6. The summed E-state index contributed by atoms with van der Waals surface area (Å²) in [6.45, 7) is 8.13. The van der Waals surface area contributed by atoms with Crippen LogP contribution in [0.15, 0.2) is 23.6 Å². The molecule has 0 aromatic carbocycles. The second-order valence-corrected chi connectivity index (χ2v) is 5.66. The highest BCUT2D eigenvalue weighted by Gasteiger charge is 2.13. The molecule has 6 heteroatoms. The highest BCUT2D eigenvalue weighted by molar-refractivity contribution is 7.09. The molecule has 0 saturated carbocycles. The van der Waals surface area contributed by atoms with Gasteiger partial charge >= 0.3 is 0 Å². The molecule has 0 atom stereocenters. The van der Waals surface area contributed by atoms with Gasteiger partial charge < -0.3 is 10.2 Å². The first-order valence-electron chi connectivity index (χ1n) is 7.05. The van der Waals surface area contributed by atoms with E-state index in [9.17, 15) is 4.79 Å². The minimum atomic E-state index is -0.165. The third kappa shape index (κ3) is 4.01. The highest BCUT2D eigenvalue weighted by atomic mass is 32.1. The summed E-state index contributed by atoms with van der Waals surface area (Å²) in [6.07, 6.45) is 0. The van der Waals surface area contributed by atoms with Crippen molar-refractivity contribution in [2.45, 2.75) is 27.3 Å². The van der Waals surface area contributed by atoms with Crippen molar-refractivity contribution in [1.82, 2.24) is 15.3 Å². The molecule has 0 saturated heterocycles. The molecule has 1 N–H and O–H groups in total. The van der Waals surface area contributed by atoms with Crippen molar-refractivity contribution in [3.8, 4) is 0 Å². The van der Waals surface area contributed by atoms with E-state index in [1.807, 2.05) is 43.2 Å². The van der Waals surface area contributed by atoms with Crippen LogP contribution in [0.1, 0.15) is 34.9 Å². The molecule has 2 heterocycles. The molecule has 0 radical (unpaired) electrons. The molecular weight excluding hydrogens is 284 g/mol. The SMILES string of the molecule is CCN(CC)c1nc(C)cc(C(=O)NCc2cccs2)n1. The highest BCUT2D eigenvalue weighted by Crippen LogP contribution is 2.11. The number of aryl methyl sites for hydroxylation is 1. The smallest absolute Gasteiger partial charge is 0.270 e. The van der Waals surface area contributed by atoms with Gasteiger partial charge in [0.1, 0.15) is 5.69 Å². The summed E-state index contributed by atoms with van der Waals surface area (Å²) in [5, 5.41) is 4.89. The standard InChI is InChI=1S/C15H20N4OS/c1-4-19(5-2)15-17-11(3)9-13(18-15)14(20)16-10-12-7-6-8-21-12/h6-9H,4-5,10H2,1-3H3,(H,16,20). The normalized spacial score (nSPS) is 10.4. The molecule has 0 bridgehead atoms. The lowest BCUT2D eigenvalue weighted by Gasteiger charge is -2.19. The van der Waals surface area contributed by atoms with Crippen LogP contribution in [0.5, 0.6) is 0 Å². The Morgan fingerprint density at radius 3 is 2.71 bits per heavy atom. The number of hydrogen-bond acceptors (Lipinski definition) is 5. The van der Waals surface area contributed by atoms with Gasteiger partial charge in [0.2, 0.25) is 5.95 Å². The van der Waals surface area contributed by atoms with E-state index < -0.39 is 0 Å². The van der Waals surface area contributed by atoms with E-state index in [2.05, 4.69) is 15.3 Å². The molecule has 0 aliphatic carbocycles. The summed E-state index contributed by atoms with van der Waals surface area (Å²) in [5.74, 6) is 0.448. The van der Waals surface area contributed by atoms with Crippen LogP contribution in [0.3, 0.4) is 0 Å². The Hall–Kier alpha value is -1.95. The van der Waals surface area contributed by atoms with E-state index in [0.717, 1.165) is 23.7 Å². The molecule has 0 spiro atoms. The molecule has 0 aliphatic heterocycles. The Morgan fingerprint density at radius 1 is 1.33 bits per heavy atom. The van der Waals surface area contributed by atoms with Crippen molar-refractivity contribution >= 4 is 23.2 Å². The van der Waals surface area contributed by atoms with Gasteiger partial charge in [-0.15, -0.1) is 11.3 Å². The summed E-state index contributed by atoms with van der Waals surface area (Å²) < 4.78 is 0. The van der Waals surface area contributed by atoms with Crippen molar-refractivity contribution in [2.75, 3.05) is 18.0 Å². The van der Waals surface area contributed by atoms with Gasteiger partial charge in [-0.2, -0.15) is 0 Å². The average molecular weight is 304 g/mol. The number of carbonyl (C=O) groups is 1. The average Bonchev–Trinajstić information content (AvgIpc) is 2.99. The topological polar surface area (TPSA) is 58.1 Å². The van der Waals surface area contributed by atoms with Crippen LogP contribution in [-0.2, 0) is 6.54 Å². The third-order valence-corrected chi connectivity index (χ3v) is 4.00. The monoisotopic (exact) mass is 304 g/mol. The van der Waals surface area contributed by atoms with Crippen LogP contribution in [-0.4, -0.2) is 29.0 Å². The van der Waals surface area contributed by atoms with Crippen LogP contribution in [0, 0.1) is 6.92 Å². The minimum Gasteiger partial charge on any atom is -0.346 e. The van der Waals surface area contributed by atoms with Gasteiger partial charge in [0.25, 0.3) is 5.91 Å². The molecule has 5 nitrogen and oxygen atoms in total. The largest absolute Gasteiger partial charge is 0.346 e. The lowest BCUT2D eigenvalue weighted by Crippen LogP contribution is -2.28. The second-order valence-electron chi connectivity index (χ2n) is 4.63. The fraction of sp³-hybridized carbons (Fsp3) is 0.400. The van der Waals surface area contributed by atoms with Crippen LogP contribution >= 0.6 is 11.3 Å². The zero-order chi connectivity index (χ0) is 15.2. The Morgan fingerprint density at radius 2 is 2.10 bits per heavy atom. The number of amides is 1. The van der Waals surface area contributed by atoms with E-state index in [1.165, 1.54) is 0 Å². The van der Waals surface area contributed by atoms with Crippen molar-refractivity contribution in [2.24, 2.45) is 0 Å². The summed E-state index contributed by atoms with van der Waals surface area (Å²) in [6, 6.07) is 5.69. The van der Waals surface area contributed by atoms with E-state index in [4.69, 9.17) is 0 Å². The molecule has 2 aromatic heterocycles. The summed E-state index contributed by atoms with van der Waals surface area (Å²) in [7, 11) is 0. The van der Waals surface area contributed by atoms with Gasteiger partial charge in [-0.1, -0.05) is 6.07 Å². The van der Waals surface area contributed by atoms with Crippen molar-refractivity contribution in [3.63, 3.8) is 0 Å². The number of anilines is 1. The van der Waals surface area contributed by atoms with Gasteiger partial charge in [0.05, 0.1) is 6.54 Å². The number of carbonyl (C=O) groups excluding carboxylic acids is 1. The van der Waals surface area contributed by atoms with Crippen LogP contribution in [0.2, 0.25) is 0 Å². The molecule has 21 heavy (non-hydrogen) atoms. The number of nitrogens with zero attached hydrogens (tertiary/aromatic N) is 3. The maximum Gasteiger partial charge on any atom is 0.270 e. The molecule has 0 unspecified atom stereocenters. The summed E-state index contributed by atoms with van der Waals surface area (Å²) >= 11 is 1.62. The third-order valence-electron chi connectivity index (χ3n) is 3.12. The lowest BCUT2D eigenvalue weighted by molar-refractivity contribution is 0.0946. The molecule has 2 aromatic rings. The van der Waals surface area contributed by atoms with Gasteiger partial charge in [0, 0.05) is 23.7 Å². The number of hydrogen-bond donors (Lipinski definition) is 1. The molecule has 2 rings (SSSR count). The Kier molecular flexibility index (Phi) is 5.27. The van der Waals surface area contributed by atoms with Gasteiger partial charge in [0.15, 0.2) is 0 Å². The zero-order valence-corrected chi connectivity index (χ0v) is 13.4. The van der Waals surface area contributed by atoms with Gasteiger partial charge in [-0.25, -0.2) is 9.97 Å². The number of rotatable bonds is 6. The first-order valence-corrected chi connectivity index (χ1v) is 7.93. The van der Waals surface area contributed by atoms with Gasteiger partial charge in [-0.05, 0) is 38.3 Å². The Balaban J connectivity index is 2.12. The first-order chi connectivity index (χ1) is 10.1. The minimum absolute atomic E-state index is 0.165. The summed E-state index contributed by atoms with van der Waals surface area (Å²) in [5.41, 5.74) is 1.22. The molecule has 1 amide bonds. The molecule has 0 fully saturated rings. The fourth-order valence-corrected chi connectivity index (χ4v) is 2.63. The predicted molar refractivity (Wildman–Crippen MR) is 85.8 cm³/mol. The van der Waals surface area contributed by atoms with E-state index in [-0.39, 0.29) is 5.91 Å².